The zero-order valence-electron chi connectivity index (χ0n) is 7.19. The van der Waals surface area contributed by atoms with Crippen LogP contribution in [0.3, 0.4) is 0 Å². The van der Waals surface area contributed by atoms with Crippen molar-refractivity contribution in [2.75, 3.05) is 19.8 Å². The van der Waals surface area contributed by atoms with Gasteiger partial charge in [0.15, 0.2) is 0 Å². The first-order chi connectivity index (χ1) is 5.76. The molecule has 0 aromatic carbocycles. The van der Waals surface area contributed by atoms with Gasteiger partial charge >= 0.3 is 0 Å². The summed E-state index contributed by atoms with van der Waals surface area (Å²) in [6.45, 7) is 0.544. The van der Waals surface area contributed by atoms with Crippen molar-refractivity contribution in [3.63, 3.8) is 0 Å². The minimum absolute atomic E-state index is 0.154. The van der Waals surface area contributed by atoms with Gasteiger partial charge < -0.3 is 20.4 Å². The van der Waals surface area contributed by atoms with Crippen LogP contribution in [0.15, 0.2) is 0 Å². The van der Waals surface area contributed by atoms with E-state index in [0.29, 0.717) is 0 Å². The van der Waals surface area contributed by atoms with E-state index in [-0.39, 0.29) is 31.8 Å². The van der Waals surface area contributed by atoms with E-state index in [1.807, 2.05) is 0 Å². The molecule has 0 heterocycles. The van der Waals surface area contributed by atoms with Crippen molar-refractivity contribution in [1.82, 2.24) is 0 Å². The second-order valence-electron chi connectivity index (χ2n) is 2.90. The summed E-state index contributed by atoms with van der Waals surface area (Å²) in [5, 5.41) is 32.9. The molecule has 0 aromatic rings. The summed E-state index contributed by atoms with van der Waals surface area (Å²) in [4.78, 5) is 0. The van der Waals surface area contributed by atoms with Crippen LogP contribution in [0, 0.1) is 5.92 Å². The van der Waals surface area contributed by atoms with E-state index >= 15 is 0 Å². The van der Waals surface area contributed by atoms with Crippen LogP contribution in [0.5, 0.6) is 0 Å². The van der Waals surface area contributed by atoms with Gasteiger partial charge in [-0.05, 0) is 19.3 Å². The van der Waals surface area contributed by atoms with Gasteiger partial charge in [-0.1, -0.05) is 0 Å². The molecule has 4 heteroatoms. The molecule has 2 unspecified atom stereocenters. The molecule has 1 saturated carbocycles. The molecule has 0 aliphatic heterocycles. The van der Waals surface area contributed by atoms with Crippen molar-refractivity contribution >= 4 is 0 Å². The van der Waals surface area contributed by atoms with Gasteiger partial charge in [0.1, 0.15) is 0 Å². The van der Waals surface area contributed by atoms with Gasteiger partial charge in [0.2, 0.25) is 0 Å². The lowest BCUT2D eigenvalue weighted by molar-refractivity contribution is 0.210. The standard InChI is InChI=1S/C4H8O2.C4H10O2/c5-2-3-1-4(3)6;5-3-1-2-4-6/h3-6H,1-2H2;5-6H,1-4H2. The van der Waals surface area contributed by atoms with Crippen LogP contribution in [-0.2, 0) is 0 Å². The molecule has 1 fully saturated rings. The minimum atomic E-state index is -0.185. The zero-order chi connectivity index (χ0) is 9.40. The number of aliphatic hydroxyl groups excluding tert-OH is 4. The van der Waals surface area contributed by atoms with Crippen LogP contribution in [-0.4, -0.2) is 46.4 Å². The van der Waals surface area contributed by atoms with Gasteiger partial charge in [-0.25, -0.2) is 0 Å². The monoisotopic (exact) mass is 178 g/mol. The summed E-state index contributed by atoms with van der Waals surface area (Å²) in [6, 6.07) is 0. The highest BCUT2D eigenvalue weighted by atomic mass is 16.3. The molecule has 0 amide bonds. The van der Waals surface area contributed by atoms with E-state index in [1.165, 1.54) is 0 Å². The van der Waals surface area contributed by atoms with Gasteiger partial charge in [0.25, 0.3) is 0 Å². The fourth-order valence-electron chi connectivity index (χ4n) is 0.651. The molecule has 1 aliphatic rings. The lowest BCUT2D eigenvalue weighted by Crippen LogP contribution is -1.89. The lowest BCUT2D eigenvalue weighted by atomic mass is 10.3. The summed E-state index contributed by atoms with van der Waals surface area (Å²) < 4.78 is 0. The Morgan fingerprint density at radius 1 is 1.00 bits per heavy atom. The second kappa shape index (κ2) is 7.49. The highest BCUT2D eigenvalue weighted by Gasteiger charge is 2.33. The van der Waals surface area contributed by atoms with Gasteiger partial charge in [0, 0.05) is 25.7 Å². The Morgan fingerprint density at radius 2 is 1.42 bits per heavy atom. The Morgan fingerprint density at radius 3 is 1.50 bits per heavy atom. The van der Waals surface area contributed by atoms with Crippen LogP contribution in [0.1, 0.15) is 19.3 Å². The largest absolute Gasteiger partial charge is 0.396 e. The second-order valence-corrected chi connectivity index (χ2v) is 2.90. The van der Waals surface area contributed by atoms with Crippen LogP contribution >= 0.6 is 0 Å². The SMILES string of the molecule is OCC1CC1O.OCCCCO. The molecule has 0 saturated heterocycles. The first kappa shape index (κ1) is 11.8. The first-order valence-electron chi connectivity index (χ1n) is 4.26. The molecule has 12 heavy (non-hydrogen) atoms. The maximum absolute atomic E-state index is 8.47. The van der Waals surface area contributed by atoms with Gasteiger partial charge in [-0.15, -0.1) is 0 Å². The van der Waals surface area contributed by atoms with Crippen LogP contribution in [0.25, 0.3) is 0 Å². The fourth-order valence-corrected chi connectivity index (χ4v) is 0.651. The molecule has 0 spiro atoms. The maximum Gasteiger partial charge on any atom is 0.0595 e. The fraction of sp³-hybridized carbons (Fsp3) is 1.00. The third-order valence-electron chi connectivity index (χ3n) is 1.69. The molecule has 4 N–H and O–H groups in total. The van der Waals surface area contributed by atoms with E-state index in [4.69, 9.17) is 20.4 Å². The van der Waals surface area contributed by atoms with Crippen molar-refractivity contribution in [3.8, 4) is 0 Å². The average Bonchev–Trinajstić information content (AvgIpc) is 2.79. The Labute approximate surface area is 72.5 Å². The van der Waals surface area contributed by atoms with E-state index in [9.17, 15) is 0 Å². The molecular formula is C8H18O4. The van der Waals surface area contributed by atoms with Crippen LogP contribution in [0.2, 0.25) is 0 Å². The Kier molecular flexibility index (Phi) is 7.39. The normalized spacial score (nSPS) is 26.0. The van der Waals surface area contributed by atoms with Gasteiger partial charge in [-0.3, -0.25) is 0 Å². The third-order valence-corrected chi connectivity index (χ3v) is 1.69. The third kappa shape index (κ3) is 6.54. The van der Waals surface area contributed by atoms with Crippen LogP contribution < -0.4 is 0 Å². The van der Waals surface area contributed by atoms with Crippen molar-refractivity contribution in [2.45, 2.75) is 25.4 Å². The number of unbranched alkanes of at least 4 members (excludes halogenated alkanes) is 1. The number of hydrogen-bond donors (Lipinski definition) is 4. The van der Waals surface area contributed by atoms with E-state index in [1.54, 1.807) is 0 Å². The van der Waals surface area contributed by atoms with Crippen molar-refractivity contribution in [3.05, 3.63) is 0 Å². The highest BCUT2D eigenvalue weighted by Crippen LogP contribution is 2.28. The molecule has 1 rings (SSSR count). The molecule has 0 bridgehead atoms. The smallest absolute Gasteiger partial charge is 0.0595 e. The van der Waals surface area contributed by atoms with Crippen molar-refractivity contribution in [1.29, 1.82) is 0 Å². The summed E-state index contributed by atoms with van der Waals surface area (Å²) >= 11 is 0. The molecule has 2 atom stereocenters. The number of aliphatic hydroxyl groups is 4. The average molecular weight is 178 g/mol. The number of hydrogen-bond acceptors (Lipinski definition) is 4. The van der Waals surface area contributed by atoms with E-state index in [2.05, 4.69) is 0 Å². The molecular weight excluding hydrogens is 160 g/mol. The predicted molar refractivity (Wildman–Crippen MR) is 44.6 cm³/mol. The topological polar surface area (TPSA) is 80.9 Å². The Hall–Kier alpha value is -0.160. The molecule has 1 aliphatic carbocycles. The minimum Gasteiger partial charge on any atom is -0.396 e. The quantitative estimate of drug-likeness (QED) is 0.421. The Balaban J connectivity index is 0.000000202. The summed E-state index contributed by atoms with van der Waals surface area (Å²) in [6.07, 6.45) is 2.05. The molecule has 4 nitrogen and oxygen atoms in total. The van der Waals surface area contributed by atoms with Gasteiger partial charge in [-0.2, -0.15) is 0 Å². The maximum atomic E-state index is 8.47. The number of rotatable bonds is 4. The molecule has 0 aromatic heterocycles. The Bertz CT molecular complexity index is 91.1. The summed E-state index contributed by atoms with van der Waals surface area (Å²) in [5.41, 5.74) is 0. The summed E-state index contributed by atoms with van der Waals surface area (Å²) in [5.74, 6) is 0.213. The van der Waals surface area contributed by atoms with Crippen LogP contribution in [0.4, 0.5) is 0 Å². The first-order valence-corrected chi connectivity index (χ1v) is 4.26. The van der Waals surface area contributed by atoms with E-state index < -0.39 is 0 Å². The predicted octanol–water partition coefficient (Wildman–Crippen LogP) is -0.889. The van der Waals surface area contributed by atoms with E-state index in [0.717, 1.165) is 19.3 Å². The zero-order valence-corrected chi connectivity index (χ0v) is 7.19. The van der Waals surface area contributed by atoms with Gasteiger partial charge in [0.05, 0.1) is 6.10 Å². The summed E-state index contributed by atoms with van der Waals surface area (Å²) in [7, 11) is 0. The molecule has 0 radical (unpaired) electrons. The highest BCUT2D eigenvalue weighted by molar-refractivity contribution is 4.84. The lowest BCUT2D eigenvalue weighted by Gasteiger charge is -1.85. The van der Waals surface area contributed by atoms with Crippen molar-refractivity contribution < 1.29 is 20.4 Å². The van der Waals surface area contributed by atoms with Crippen molar-refractivity contribution in [2.24, 2.45) is 5.92 Å². The molecule has 74 valence electrons.